The highest BCUT2D eigenvalue weighted by atomic mass is 16.4. The highest BCUT2D eigenvalue weighted by Crippen LogP contribution is 2.12. The summed E-state index contributed by atoms with van der Waals surface area (Å²) < 4.78 is 1.36. The van der Waals surface area contributed by atoms with Gasteiger partial charge in [0.15, 0.2) is 6.04 Å². The first-order valence-electron chi connectivity index (χ1n) is 5.77. The molecule has 8 heteroatoms. The van der Waals surface area contributed by atoms with Crippen molar-refractivity contribution in [2.45, 2.75) is 6.04 Å². The molecule has 2 rings (SSSR count). The van der Waals surface area contributed by atoms with Crippen molar-refractivity contribution < 1.29 is 14.7 Å². The standard InChI is InChI=1S/C12H13N5O3/c1-17-11(13-7-14-17)16-12(20)15-9(10(18)19)8-5-3-2-4-6-8/h2-7,9H,1H3,(H,18,19)(H2,13,14,15,16,20)/t9-/m0/s1. The number of nitrogens with zero attached hydrogens (tertiary/aromatic N) is 3. The van der Waals surface area contributed by atoms with Gasteiger partial charge in [-0.2, -0.15) is 10.1 Å². The average molecular weight is 275 g/mol. The second-order valence-electron chi connectivity index (χ2n) is 3.99. The van der Waals surface area contributed by atoms with Crippen LogP contribution in [-0.4, -0.2) is 31.9 Å². The number of rotatable bonds is 4. The number of aryl methyl sites for hydroxylation is 1. The number of hydrogen-bond donors (Lipinski definition) is 3. The molecule has 0 aliphatic carbocycles. The number of carboxylic acids is 1. The zero-order valence-electron chi connectivity index (χ0n) is 10.6. The van der Waals surface area contributed by atoms with Gasteiger partial charge in [0.2, 0.25) is 5.95 Å². The minimum Gasteiger partial charge on any atom is -0.479 e. The number of aromatic nitrogens is 3. The van der Waals surface area contributed by atoms with Crippen LogP contribution in [0.2, 0.25) is 0 Å². The fraction of sp³-hybridized carbons (Fsp3) is 0.167. The van der Waals surface area contributed by atoms with Gasteiger partial charge in [0.1, 0.15) is 6.33 Å². The molecular formula is C12H13N5O3. The van der Waals surface area contributed by atoms with E-state index >= 15 is 0 Å². The van der Waals surface area contributed by atoms with Crippen LogP contribution >= 0.6 is 0 Å². The molecule has 3 N–H and O–H groups in total. The molecule has 104 valence electrons. The number of carbonyl (C=O) groups excluding carboxylic acids is 1. The van der Waals surface area contributed by atoms with E-state index in [0.717, 1.165) is 0 Å². The quantitative estimate of drug-likeness (QED) is 0.763. The highest BCUT2D eigenvalue weighted by Gasteiger charge is 2.22. The molecule has 2 amide bonds. The number of urea groups is 1. The molecule has 0 radical (unpaired) electrons. The van der Waals surface area contributed by atoms with Crippen molar-refractivity contribution in [3.8, 4) is 0 Å². The monoisotopic (exact) mass is 275 g/mol. The summed E-state index contributed by atoms with van der Waals surface area (Å²) in [6.07, 6.45) is 1.28. The zero-order valence-corrected chi connectivity index (χ0v) is 10.6. The number of carbonyl (C=O) groups is 2. The summed E-state index contributed by atoms with van der Waals surface area (Å²) in [5, 5.41) is 17.8. The van der Waals surface area contributed by atoms with E-state index in [9.17, 15) is 14.7 Å². The van der Waals surface area contributed by atoms with Crippen LogP contribution in [0.25, 0.3) is 0 Å². The molecule has 0 unspecified atom stereocenters. The summed E-state index contributed by atoms with van der Waals surface area (Å²) in [4.78, 5) is 26.8. The number of amides is 2. The summed E-state index contributed by atoms with van der Waals surface area (Å²) >= 11 is 0. The van der Waals surface area contributed by atoms with Crippen molar-refractivity contribution in [2.75, 3.05) is 5.32 Å². The molecule has 2 aromatic rings. The van der Waals surface area contributed by atoms with E-state index in [4.69, 9.17) is 0 Å². The van der Waals surface area contributed by atoms with Gasteiger partial charge in [-0.1, -0.05) is 30.3 Å². The largest absolute Gasteiger partial charge is 0.479 e. The fourth-order valence-electron chi connectivity index (χ4n) is 1.61. The molecule has 0 aliphatic heterocycles. The third-order valence-electron chi connectivity index (χ3n) is 2.59. The van der Waals surface area contributed by atoms with E-state index in [1.54, 1.807) is 37.4 Å². The molecule has 1 aromatic carbocycles. The molecule has 0 saturated carbocycles. The zero-order chi connectivity index (χ0) is 14.5. The van der Waals surface area contributed by atoms with Crippen molar-refractivity contribution in [3.05, 3.63) is 42.2 Å². The van der Waals surface area contributed by atoms with Crippen molar-refractivity contribution in [1.82, 2.24) is 20.1 Å². The van der Waals surface area contributed by atoms with E-state index in [1.807, 2.05) is 0 Å². The molecule has 0 saturated heterocycles. The number of nitrogens with one attached hydrogen (secondary N) is 2. The second-order valence-corrected chi connectivity index (χ2v) is 3.99. The number of aliphatic carboxylic acids is 1. The van der Waals surface area contributed by atoms with E-state index < -0.39 is 18.0 Å². The Morgan fingerprint density at radius 1 is 1.30 bits per heavy atom. The Hall–Kier alpha value is -2.90. The minimum atomic E-state index is -1.15. The highest BCUT2D eigenvalue weighted by molar-refractivity contribution is 5.91. The van der Waals surface area contributed by atoms with E-state index in [2.05, 4.69) is 20.7 Å². The van der Waals surface area contributed by atoms with Crippen LogP contribution in [-0.2, 0) is 11.8 Å². The van der Waals surface area contributed by atoms with E-state index in [-0.39, 0.29) is 5.95 Å². The summed E-state index contributed by atoms with van der Waals surface area (Å²) in [6, 6.07) is 6.62. The van der Waals surface area contributed by atoms with Crippen LogP contribution in [0.5, 0.6) is 0 Å². The second kappa shape index (κ2) is 5.83. The first-order valence-corrected chi connectivity index (χ1v) is 5.77. The SMILES string of the molecule is Cn1ncnc1NC(=O)N[C@H](C(=O)O)c1ccccc1. The Morgan fingerprint density at radius 2 is 2.00 bits per heavy atom. The minimum absolute atomic E-state index is 0.222. The number of hydrogen-bond acceptors (Lipinski definition) is 4. The van der Waals surface area contributed by atoms with E-state index in [0.29, 0.717) is 5.56 Å². The predicted molar refractivity (Wildman–Crippen MR) is 70.0 cm³/mol. The van der Waals surface area contributed by atoms with Crippen molar-refractivity contribution in [1.29, 1.82) is 0 Å². The molecule has 20 heavy (non-hydrogen) atoms. The van der Waals surface area contributed by atoms with Crippen LogP contribution in [0.15, 0.2) is 36.7 Å². The summed E-state index contributed by atoms with van der Waals surface area (Å²) in [7, 11) is 1.61. The molecule has 0 aliphatic rings. The van der Waals surface area contributed by atoms with Gasteiger partial charge in [0.05, 0.1) is 0 Å². The molecule has 1 aromatic heterocycles. The van der Waals surface area contributed by atoms with Gasteiger partial charge in [0, 0.05) is 7.05 Å². The Kier molecular flexibility index (Phi) is 3.94. The van der Waals surface area contributed by atoms with Gasteiger partial charge in [-0.25, -0.2) is 14.3 Å². The maximum absolute atomic E-state index is 11.8. The lowest BCUT2D eigenvalue weighted by atomic mass is 10.1. The summed E-state index contributed by atoms with van der Waals surface area (Å²) in [5.41, 5.74) is 0.480. The Balaban J connectivity index is 2.08. The van der Waals surface area contributed by atoms with Crippen LogP contribution in [0.4, 0.5) is 10.7 Å². The molecule has 0 spiro atoms. The van der Waals surface area contributed by atoms with Crippen LogP contribution < -0.4 is 10.6 Å². The fourth-order valence-corrected chi connectivity index (χ4v) is 1.61. The Bertz CT molecular complexity index is 611. The van der Waals surface area contributed by atoms with Crippen LogP contribution in [0.1, 0.15) is 11.6 Å². The Labute approximate surface area is 114 Å². The Morgan fingerprint density at radius 3 is 2.55 bits per heavy atom. The maximum atomic E-state index is 11.8. The molecule has 0 fully saturated rings. The normalized spacial score (nSPS) is 11.7. The van der Waals surface area contributed by atoms with Crippen molar-refractivity contribution >= 4 is 17.9 Å². The smallest absolute Gasteiger partial charge is 0.330 e. The molecule has 0 bridgehead atoms. The lowest BCUT2D eigenvalue weighted by Crippen LogP contribution is -2.37. The third-order valence-corrected chi connectivity index (χ3v) is 2.59. The van der Waals surface area contributed by atoms with Gasteiger partial charge in [0.25, 0.3) is 0 Å². The first kappa shape index (κ1) is 13.5. The lowest BCUT2D eigenvalue weighted by Gasteiger charge is -2.15. The number of carboxylic acid groups (broad SMARTS) is 1. The summed E-state index contributed by atoms with van der Waals surface area (Å²) in [5.74, 6) is -0.927. The van der Waals surface area contributed by atoms with E-state index in [1.165, 1.54) is 11.0 Å². The number of anilines is 1. The number of benzene rings is 1. The molecule has 8 nitrogen and oxygen atoms in total. The third kappa shape index (κ3) is 3.10. The van der Waals surface area contributed by atoms with Crippen molar-refractivity contribution in [3.63, 3.8) is 0 Å². The average Bonchev–Trinajstić information content (AvgIpc) is 2.82. The van der Waals surface area contributed by atoms with Gasteiger partial charge in [-0.15, -0.1) is 0 Å². The molecule has 1 heterocycles. The van der Waals surface area contributed by atoms with Gasteiger partial charge >= 0.3 is 12.0 Å². The lowest BCUT2D eigenvalue weighted by molar-refractivity contribution is -0.139. The molecular weight excluding hydrogens is 262 g/mol. The van der Waals surface area contributed by atoms with Gasteiger partial charge < -0.3 is 10.4 Å². The maximum Gasteiger partial charge on any atom is 0.330 e. The van der Waals surface area contributed by atoms with Crippen molar-refractivity contribution in [2.24, 2.45) is 7.05 Å². The summed E-state index contributed by atoms with van der Waals surface area (Å²) in [6.45, 7) is 0. The van der Waals surface area contributed by atoms with Crippen LogP contribution in [0.3, 0.4) is 0 Å². The topological polar surface area (TPSA) is 109 Å². The first-order chi connectivity index (χ1) is 9.58. The molecule has 1 atom stereocenters. The predicted octanol–water partition coefficient (Wildman–Crippen LogP) is 0.762. The van der Waals surface area contributed by atoms with Gasteiger partial charge in [-0.3, -0.25) is 5.32 Å². The van der Waals surface area contributed by atoms with Crippen LogP contribution in [0, 0.1) is 0 Å². The van der Waals surface area contributed by atoms with Gasteiger partial charge in [-0.05, 0) is 5.56 Å².